The second kappa shape index (κ2) is 14.5. The van der Waals surface area contributed by atoms with Crippen LogP contribution in [0.5, 0.6) is 5.75 Å². The Hall–Kier alpha value is -3.93. The third-order valence-electron chi connectivity index (χ3n) is 8.45. The highest BCUT2D eigenvalue weighted by molar-refractivity contribution is 5.75. The molecule has 0 saturated heterocycles. The van der Waals surface area contributed by atoms with Crippen molar-refractivity contribution in [3.05, 3.63) is 124 Å². The molecule has 0 heterocycles. The number of aryl methyl sites for hydroxylation is 3. The lowest BCUT2D eigenvalue weighted by molar-refractivity contribution is -0.154. The van der Waals surface area contributed by atoms with E-state index in [1.54, 1.807) is 6.92 Å². The van der Waals surface area contributed by atoms with Crippen molar-refractivity contribution in [1.29, 1.82) is 0 Å². The Labute approximate surface area is 256 Å². The number of esters is 1. The Morgan fingerprint density at radius 1 is 0.837 bits per heavy atom. The number of ether oxygens (including phenoxy) is 3. The van der Waals surface area contributed by atoms with E-state index in [1.807, 2.05) is 24.3 Å². The Morgan fingerprint density at radius 3 is 2.30 bits per heavy atom. The number of carbonyl (C=O) groups excluding carboxylic acids is 1. The van der Waals surface area contributed by atoms with Crippen LogP contribution in [0.15, 0.2) is 91.0 Å². The molecule has 0 aliphatic heterocycles. The fraction of sp³-hybridized carbons (Fsp3) is 0.342. The number of hydrogen-bond acceptors (Lipinski definition) is 5. The van der Waals surface area contributed by atoms with Gasteiger partial charge in [-0.3, -0.25) is 4.90 Å². The molecule has 4 aromatic carbocycles. The van der Waals surface area contributed by atoms with Crippen LogP contribution >= 0.6 is 0 Å². The van der Waals surface area contributed by atoms with Gasteiger partial charge in [-0.1, -0.05) is 85.8 Å². The highest BCUT2D eigenvalue weighted by Gasteiger charge is 2.27. The van der Waals surface area contributed by atoms with Crippen molar-refractivity contribution in [2.45, 2.75) is 51.7 Å². The molecule has 2 atom stereocenters. The van der Waals surface area contributed by atoms with Crippen LogP contribution in [0.4, 0.5) is 0 Å². The van der Waals surface area contributed by atoms with Crippen LogP contribution < -0.4 is 4.74 Å². The maximum atomic E-state index is 12.1. The van der Waals surface area contributed by atoms with Gasteiger partial charge in [0.05, 0.1) is 12.6 Å². The van der Waals surface area contributed by atoms with E-state index in [0.717, 1.165) is 37.1 Å². The fourth-order valence-corrected chi connectivity index (χ4v) is 6.03. The van der Waals surface area contributed by atoms with E-state index in [-0.39, 0.29) is 12.0 Å². The number of benzene rings is 4. The third kappa shape index (κ3) is 7.35. The largest absolute Gasteiger partial charge is 0.492 e. The van der Waals surface area contributed by atoms with E-state index in [9.17, 15) is 4.79 Å². The highest BCUT2D eigenvalue weighted by Crippen LogP contribution is 2.38. The molecule has 0 bridgehead atoms. The lowest BCUT2D eigenvalue weighted by Gasteiger charge is -2.31. The quantitative estimate of drug-likeness (QED) is 0.166. The molecule has 1 aliphatic rings. The number of nitrogens with zero attached hydrogens (tertiary/aromatic N) is 1. The van der Waals surface area contributed by atoms with Gasteiger partial charge in [-0.05, 0) is 89.9 Å². The van der Waals surface area contributed by atoms with Crippen LogP contribution in [0.3, 0.4) is 0 Å². The Morgan fingerprint density at radius 2 is 1.58 bits per heavy atom. The van der Waals surface area contributed by atoms with Gasteiger partial charge in [-0.2, -0.15) is 0 Å². The normalized spacial score (nSPS) is 14.9. The van der Waals surface area contributed by atoms with Crippen molar-refractivity contribution >= 4 is 5.97 Å². The smallest absolute Gasteiger partial charge is 0.335 e. The summed E-state index contributed by atoms with van der Waals surface area (Å²) in [6.07, 6.45) is 2.94. The summed E-state index contributed by atoms with van der Waals surface area (Å²) in [5.41, 5.74) is 10.5. The van der Waals surface area contributed by atoms with Crippen molar-refractivity contribution < 1.29 is 19.0 Å². The lowest BCUT2D eigenvalue weighted by atomic mass is 9.90. The van der Waals surface area contributed by atoms with Gasteiger partial charge in [0.25, 0.3) is 0 Å². The Kier molecular flexibility index (Phi) is 10.3. The van der Waals surface area contributed by atoms with Crippen molar-refractivity contribution in [2.75, 3.05) is 33.9 Å². The SMILES string of the molecule is CCOC(=O)C(Cc1ccc(OCCN(C)C2c3ccc(-c4ccccc4)cc3CCc3ccc(CC)cc32)cc1)OC. The zero-order valence-electron chi connectivity index (χ0n) is 25.8. The zero-order chi connectivity index (χ0) is 30.2. The van der Waals surface area contributed by atoms with E-state index < -0.39 is 6.10 Å². The summed E-state index contributed by atoms with van der Waals surface area (Å²) in [6, 6.07) is 32.8. The van der Waals surface area contributed by atoms with E-state index >= 15 is 0 Å². The second-order valence-corrected chi connectivity index (χ2v) is 11.2. The van der Waals surface area contributed by atoms with Gasteiger partial charge in [0.1, 0.15) is 12.4 Å². The minimum atomic E-state index is -0.609. The third-order valence-corrected chi connectivity index (χ3v) is 8.45. The lowest BCUT2D eigenvalue weighted by Crippen LogP contribution is -2.30. The topological polar surface area (TPSA) is 48.0 Å². The molecular weight excluding hydrogens is 534 g/mol. The van der Waals surface area contributed by atoms with Gasteiger partial charge >= 0.3 is 5.97 Å². The Balaban J connectivity index is 1.31. The summed E-state index contributed by atoms with van der Waals surface area (Å²) in [5.74, 6) is 0.474. The predicted molar refractivity (Wildman–Crippen MR) is 173 cm³/mol. The van der Waals surface area contributed by atoms with Crippen molar-refractivity contribution in [3.63, 3.8) is 0 Å². The summed E-state index contributed by atoms with van der Waals surface area (Å²) >= 11 is 0. The van der Waals surface area contributed by atoms with Crippen molar-refractivity contribution in [1.82, 2.24) is 4.90 Å². The maximum absolute atomic E-state index is 12.1. The summed E-state index contributed by atoms with van der Waals surface area (Å²) < 4.78 is 16.7. The molecule has 5 nitrogen and oxygen atoms in total. The molecule has 0 aromatic heterocycles. The molecule has 0 spiro atoms. The zero-order valence-corrected chi connectivity index (χ0v) is 25.8. The summed E-state index contributed by atoms with van der Waals surface area (Å²) in [4.78, 5) is 14.5. The molecular formula is C38H43NO4. The minimum absolute atomic E-state index is 0.156. The predicted octanol–water partition coefficient (Wildman–Crippen LogP) is 7.24. The summed E-state index contributed by atoms with van der Waals surface area (Å²) in [6.45, 7) is 5.70. The minimum Gasteiger partial charge on any atom is -0.492 e. The molecule has 0 amide bonds. The van der Waals surface area contributed by atoms with Crippen LogP contribution in [0.1, 0.15) is 53.3 Å². The van der Waals surface area contributed by atoms with Crippen LogP contribution in [-0.2, 0) is 40.0 Å². The molecule has 5 heteroatoms. The molecule has 0 saturated carbocycles. The number of methoxy groups -OCH3 is 1. The second-order valence-electron chi connectivity index (χ2n) is 11.2. The molecule has 2 unspecified atom stereocenters. The van der Waals surface area contributed by atoms with E-state index in [0.29, 0.717) is 19.6 Å². The first-order valence-corrected chi connectivity index (χ1v) is 15.4. The molecule has 0 radical (unpaired) electrons. The average Bonchev–Trinajstić information content (AvgIpc) is 3.20. The molecule has 0 fully saturated rings. The van der Waals surface area contributed by atoms with Crippen LogP contribution in [0.25, 0.3) is 11.1 Å². The van der Waals surface area contributed by atoms with E-state index in [1.165, 1.54) is 46.1 Å². The molecule has 4 aromatic rings. The Bertz CT molecular complexity index is 1500. The summed E-state index contributed by atoms with van der Waals surface area (Å²) in [5, 5.41) is 0. The van der Waals surface area contributed by atoms with Crippen LogP contribution in [0.2, 0.25) is 0 Å². The van der Waals surface area contributed by atoms with E-state index in [4.69, 9.17) is 14.2 Å². The standard InChI is InChI=1S/C38H43NO4/c1-5-27-12-15-30-16-17-32-26-31(29-10-8-7-9-11-29)18-21-34(32)37(35(30)24-27)39(3)22-23-43-33-19-13-28(14-20-33)25-36(41-4)38(40)42-6-2/h7-15,18-21,24,26,36-37H,5-6,16-17,22-23,25H2,1-4H3. The maximum Gasteiger partial charge on any atom is 0.335 e. The first kappa shape index (κ1) is 30.5. The van der Waals surface area contributed by atoms with Gasteiger partial charge in [0, 0.05) is 20.1 Å². The number of rotatable bonds is 12. The summed E-state index contributed by atoms with van der Waals surface area (Å²) in [7, 11) is 3.74. The van der Waals surface area contributed by atoms with Gasteiger partial charge < -0.3 is 14.2 Å². The molecule has 224 valence electrons. The van der Waals surface area contributed by atoms with E-state index in [2.05, 4.69) is 85.6 Å². The van der Waals surface area contributed by atoms with Gasteiger partial charge in [-0.15, -0.1) is 0 Å². The molecule has 43 heavy (non-hydrogen) atoms. The first-order chi connectivity index (χ1) is 21.0. The number of hydrogen-bond donors (Lipinski definition) is 0. The average molecular weight is 578 g/mol. The number of likely N-dealkylation sites (N-methyl/N-ethyl adjacent to an activating group) is 1. The molecule has 1 aliphatic carbocycles. The van der Waals surface area contributed by atoms with Gasteiger partial charge in [-0.25, -0.2) is 4.79 Å². The molecule has 0 N–H and O–H groups in total. The van der Waals surface area contributed by atoms with Crippen molar-refractivity contribution in [3.8, 4) is 16.9 Å². The highest BCUT2D eigenvalue weighted by atomic mass is 16.6. The van der Waals surface area contributed by atoms with Gasteiger partial charge in [0.15, 0.2) is 6.10 Å². The monoisotopic (exact) mass is 577 g/mol. The van der Waals surface area contributed by atoms with Crippen LogP contribution in [0, 0.1) is 0 Å². The first-order valence-electron chi connectivity index (χ1n) is 15.4. The van der Waals surface area contributed by atoms with Crippen molar-refractivity contribution in [2.24, 2.45) is 0 Å². The number of carbonyl (C=O) groups is 1. The van der Waals surface area contributed by atoms with Gasteiger partial charge in [0.2, 0.25) is 0 Å². The molecule has 5 rings (SSSR count). The van der Waals surface area contributed by atoms with Crippen LogP contribution in [-0.4, -0.2) is 50.9 Å². The fourth-order valence-electron chi connectivity index (χ4n) is 6.03. The number of fused-ring (bicyclic) bond motifs is 2.